The van der Waals surface area contributed by atoms with Crippen LogP contribution in [-0.4, -0.2) is 51.3 Å². The van der Waals surface area contributed by atoms with Gasteiger partial charge in [0.25, 0.3) is 0 Å². The minimum atomic E-state index is -0.633. The standard InChI is InChI=1S/C11H22N2O4/c1-9(2)17-7-4-5-12-10(14)11(15)13-6-8-16-3/h9H,4-8H2,1-3H3,(H,12,14)(H,13,15). The molecule has 2 N–H and O–H groups in total. The van der Waals surface area contributed by atoms with Gasteiger partial charge in [-0.15, -0.1) is 0 Å². The van der Waals surface area contributed by atoms with E-state index in [1.807, 2.05) is 13.8 Å². The highest BCUT2D eigenvalue weighted by molar-refractivity contribution is 6.35. The molecule has 0 aliphatic heterocycles. The second-order valence-electron chi connectivity index (χ2n) is 3.78. The molecule has 0 aliphatic rings. The summed E-state index contributed by atoms with van der Waals surface area (Å²) in [6, 6.07) is 0. The van der Waals surface area contributed by atoms with E-state index in [2.05, 4.69) is 10.6 Å². The molecule has 6 nitrogen and oxygen atoms in total. The van der Waals surface area contributed by atoms with Crippen LogP contribution in [0, 0.1) is 0 Å². The van der Waals surface area contributed by atoms with Crippen molar-refractivity contribution in [3.8, 4) is 0 Å². The van der Waals surface area contributed by atoms with E-state index in [9.17, 15) is 9.59 Å². The van der Waals surface area contributed by atoms with E-state index in [1.165, 1.54) is 7.11 Å². The van der Waals surface area contributed by atoms with Gasteiger partial charge < -0.3 is 20.1 Å². The Kier molecular flexibility index (Phi) is 9.37. The number of hydrogen-bond acceptors (Lipinski definition) is 4. The molecule has 0 radical (unpaired) electrons. The van der Waals surface area contributed by atoms with Crippen LogP contribution in [0.25, 0.3) is 0 Å². The van der Waals surface area contributed by atoms with Gasteiger partial charge in [0.05, 0.1) is 12.7 Å². The lowest BCUT2D eigenvalue weighted by molar-refractivity contribution is -0.139. The SMILES string of the molecule is COCCNC(=O)C(=O)NCCCOC(C)C. The van der Waals surface area contributed by atoms with Crippen LogP contribution < -0.4 is 10.6 Å². The summed E-state index contributed by atoms with van der Waals surface area (Å²) in [5, 5.41) is 4.95. The van der Waals surface area contributed by atoms with Gasteiger partial charge in [0.1, 0.15) is 0 Å². The molecule has 0 saturated heterocycles. The summed E-state index contributed by atoms with van der Waals surface area (Å²) in [6.45, 7) is 5.62. The Bertz CT molecular complexity index is 232. The van der Waals surface area contributed by atoms with Crippen molar-refractivity contribution in [1.82, 2.24) is 10.6 Å². The fourth-order valence-corrected chi connectivity index (χ4v) is 1.02. The van der Waals surface area contributed by atoms with Crippen molar-refractivity contribution in [1.29, 1.82) is 0 Å². The Morgan fingerprint density at radius 1 is 1.06 bits per heavy atom. The van der Waals surface area contributed by atoms with Crippen molar-refractivity contribution in [2.45, 2.75) is 26.4 Å². The highest BCUT2D eigenvalue weighted by Crippen LogP contribution is 1.88. The number of rotatable bonds is 8. The predicted molar refractivity (Wildman–Crippen MR) is 63.6 cm³/mol. The van der Waals surface area contributed by atoms with Crippen molar-refractivity contribution in [2.75, 3.05) is 33.4 Å². The van der Waals surface area contributed by atoms with Crippen LogP contribution in [0.15, 0.2) is 0 Å². The molecule has 0 aromatic carbocycles. The second kappa shape index (κ2) is 10.0. The summed E-state index contributed by atoms with van der Waals surface area (Å²) in [4.78, 5) is 22.4. The molecule has 0 unspecified atom stereocenters. The molecule has 0 spiro atoms. The maximum absolute atomic E-state index is 11.2. The quantitative estimate of drug-likeness (QED) is 0.454. The van der Waals surface area contributed by atoms with Crippen molar-refractivity contribution in [2.24, 2.45) is 0 Å². The third-order valence-corrected chi connectivity index (χ3v) is 1.86. The zero-order chi connectivity index (χ0) is 13.1. The van der Waals surface area contributed by atoms with E-state index in [4.69, 9.17) is 9.47 Å². The van der Waals surface area contributed by atoms with Crippen LogP contribution >= 0.6 is 0 Å². The first-order valence-corrected chi connectivity index (χ1v) is 5.74. The maximum Gasteiger partial charge on any atom is 0.309 e. The van der Waals surface area contributed by atoms with Crippen molar-refractivity contribution in [3.63, 3.8) is 0 Å². The van der Waals surface area contributed by atoms with Gasteiger partial charge in [0, 0.05) is 26.8 Å². The average Bonchev–Trinajstić information content (AvgIpc) is 2.28. The number of carbonyl (C=O) groups excluding carboxylic acids is 2. The number of hydrogen-bond donors (Lipinski definition) is 2. The third kappa shape index (κ3) is 9.77. The molecule has 17 heavy (non-hydrogen) atoms. The molecular weight excluding hydrogens is 224 g/mol. The van der Waals surface area contributed by atoms with Crippen LogP contribution in [0.1, 0.15) is 20.3 Å². The molecule has 0 rings (SSSR count). The molecule has 0 atom stereocenters. The van der Waals surface area contributed by atoms with Crippen molar-refractivity contribution < 1.29 is 19.1 Å². The van der Waals surface area contributed by atoms with E-state index >= 15 is 0 Å². The molecule has 6 heteroatoms. The molecule has 0 aliphatic carbocycles. The van der Waals surface area contributed by atoms with Gasteiger partial charge in [-0.25, -0.2) is 0 Å². The van der Waals surface area contributed by atoms with Crippen LogP contribution in [0.3, 0.4) is 0 Å². The largest absolute Gasteiger partial charge is 0.383 e. The molecular formula is C11H22N2O4. The Morgan fingerprint density at radius 2 is 1.65 bits per heavy atom. The van der Waals surface area contributed by atoms with E-state index in [0.717, 1.165) is 0 Å². The second-order valence-corrected chi connectivity index (χ2v) is 3.78. The summed E-state index contributed by atoms with van der Waals surface area (Å²) < 4.78 is 10.0. The fraction of sp³-hybridized carbons (Fsp3) is 0.818. The minimum absolute atomic E-state index is 0.183. The first kappa shape index (κ1) is 15.9. The van der Waals surface area contributed by atoms with Gasteiger partial charge in [0.15, 0.2) is 0 Å². The van der Waals surface area contributed by atoms with Gasteiger partial charge in [0.2, 0.25) is 0 Å². The summed E-state index contributed by atoms with van der Waals surface area (Å²) in [5.41, 5.74) is 0. The average molecular weight is 246 g/mol. The Labute approximate surface area is 102 Å². The molecule has 0 bridgehead atoms. The summed E-state index contributed by atoms with van der Waals surface area (Å²) >= 11 is 0. The fourth-order valence-electron chi connectivity index (χ4n) is 1.02. The van der Waals surface area contributed by atoms with Crippen LogP contribution in [-0.2, 0) is 19.1 Å². The van der Waals surface area contributed by atoms with Gasteiger partial charge >= 0.3 is 11.8 Å². The predicted octanol–water partition coefficient (Wildman–Crippen LogP) is -0.320. The lowest BCUT2D eigenvalue weighted by Crippen LogP contribution is -2.41. The van der Waals surface area contributed by atoms with E-state index in [-0.39, 0.29) is 6.10 Å². The highest BCUT2D eigenvalue weighted by atomic mass is 16.5. The first-order chi connectivity index (χ1) is 8.07. The molecule has 100 valence electrons. The Morgan fingerprint density at radius 3 is 2.18 bits per heavy atom. The van der Waals surface area contributed by atoms with Crippen LogP contribution in [0.5, 0.6) is 0 Å². The number of carbonyl (C=O) groups is 2. The third-order valence-electron chi connectivity index (χ3n) is 1.86. The molecule has 2 amide bonds. The zero-order valence-corrected chi connectivity index (χ0v) is 10.7. The smallest absolute Gasteiger partial charge is 0.309 e. The van der Waals surface area contributed by atoms with Gasteiger partial charge in [-0.3, -0.25) is 9.59 Å². The van der Waals surface area contributed by atoms with E-state index in [0.29, 0.717) is 32.7 Å². The lowest BCUT2D eigenvalue weighted by Gasteiger charge is -2.08. The van der Waals surface area contributed by atoms with E-state index < -0.39 is 11.8 Å². The van der Waals surface area contributed by atoms with Gasteiger partial charge in [-0.05, 0) is 20.3 Å². The van der Waals surface area contributed by atoms with Crippen molar-refractivity contribution >= 4 is 11.8 Å². The van der Waals surface area contributed by atoms with E-state index in [1.54, 1.807) is 0 Å². The first-order valence-electron chi connectivity index (χ1n) is 5.74. The monoisotopic (exact) mass is 246 g/mol. The number of ether oxygens (including phenoxy) is 2. The maximum atomic E-state index is 11.2. The summed E-state index contributed by atoms with van der Waals surface area (Å²) in [6.07, 6.45) is 0.873. The molecule has 0 heterocycles. The summed E-state index contributed by atoms with van der Waals surface area (Å²) in [5.74, 6) is -1.25. The van der Waals surface area contributed by atoms with Crippen molar-refractivity contribution in [3.05, 3.63) is 0 Å². The normalized spacial score (nSPS) is 10.4. The Balaban J connectivity index is 3.47. The molecule has 0 saturated carbocycles. The van der Waals surface area contributed by atoms with Gasteiger partial charge in [-0.2, -0.15) is 0 Å². The number of amides is 2. The van der Waals surface area contributed by atoms with Crippen LogP contribution in [0.4, 0.5) is 0 Å². The Hall–Kier alpha value is -1.14. The highest BCUT2D eigenvalue weighted by Gasteiger charge is 2.11. The number of methoxy groups -OCH3 is 1. The zero-order valence-electron chi connectivity index (χ0n) is 10.7. The molecule has 0 aromatic heterocycles. The lowest BCUT2D eigenvalue weighted by atomic mass is 10.4. The van der Waals surface area contributed by atoms with Crippen LogP contribution in [0.2, 0.25) is 0 Å². The number of nitrogens with one attached hydrogen (secondary N) is 2. The topological polar surface area (TPSA) is 76.7 Å². The summed E-state index contributed by atoms with van der Waals surface area (Å²) in [7, 11) is 1.53. The van der Waals surface area contributed by atoms with Gasteiger partial charge in [-0.1, -0.05) is 0 Å². The molecule has 0 aromatic rings. The minimum Gasteiger partial charge on any atom is -0.383 e. The molecule has 0 fully saturated rings.